The van der Waals surface area contributed by atoms with Crippen molar-refractivity contribution in [2.24, 2.45) is 5.92 Å². The minimum atomic E-state index is 0. The van der Waals surface area contributed by atoms with Crippen molar-refractivity contribution < 1.29 is 20.4 Å². The van der Waals surface area contributed by atoms with Gasteiger partial charge in [0.05, 0.1) is 0 Å². The van der Waals surface area contributed by atoms with Crippen LogP contribution >= 0.6 is 7.92 Å². The Hall–Kier alpha value is 0.832. The molecule has 94 valence electrons. The van der Waals surface area contributed by atoms with Crippen LogP contribution < -0.4 is 0 Å². The Bertz CT molecular complexity index is 154. The van der Waals surface area contributed by atoms with Crippen molar-refractivity contribution in [3.63, 3.8) is 0 Å². The quantitative estimate of drug-likeness (QED) is 0.371. The molecule has 2 heteroatoms. The molecule has 0 fully saturated rings. The molecular weight excluding hydrogens is 294 g/mol. The molecule has 0 rings (SSSR count). The molecule has 0 aliphatic heterocycles. The second-order valence-electron chi connectivity index (χ2n) is 4.99. The first kappa shape index (κ1) is 18.2. The van der Waals surface area contributed by atoms with Crippen LogP contribution in [0, 0.1) is 5.92 Å². The van der Waals surface area contributed by atoms with Crippen LogP contribution in [-0.2, 0) is 20.4 Å². The molecule has 0 aromatic heterocycles. The van der Waals surface area contributed by atoms with E-state index in [2.05, 4.69) is 53.7 Å². The van der Waals surface area contributed by atoms with Crippen molar-refractivity contribution >= 4 is 7.92 Å². The zero-order chi connectivity index (χ0) is 11.1. The summed E-state index contributed by atoms with van der Waals surface area (Å²) < 4.78 is 0. The van der Waals surface area contributed by atoms with Gasteiger partial charge >= 0.3 is 0 Å². The van der Waals surface area contributed by atoms with Gasteiger partial charge in [-0.2, -0.15) is 0 Å². The second-order valence-corrected chi connectivity index (χ2v) is 8.44. The van der Waals surface area contributed by atoms with Crippen LogP contribution in [-0.4, -0.2) is 17.5 Å². The molecule has 0 heterocycles. The van der Waals surface area contributed by atoms with Crippen LogP contribution in [0.4, 0.5) is 0 Å². The van der Waals surface area contributed by atoms with Crippen molar-refractivity contribution in [2.75, 3.05) is 6.16 Å². The van der Waals surface area contributed by atoms with Gasteiger partial charge in [0.15, 0.2) is 0 Å². The maximum absolute atomic E-state index is 2.41. The molecule has 0 amide bonds. The molecule has 0 atom stereocenters. The third-order valence-corrected chi connectivity index (χ3v) is 5.70. The van der Waals surface area contributed by atoms with Gasteiger partial charge in [-0.05, 0) is 29.8 Å². The van der Waals surface area contributed by atoms with Crippen molar-refractivity contribution in [3.8, 4) is 0 Å². The molecule has 0 N–H and O–H groups in total. The van der Waals surface area contributed by atoms with Crippen molar-refractivity contribution in [2.45, 2.75) is 59.3 Å². The Morgan fingerprint density at radius 1 is 0.867 bits per heavy atom. The second kappa shape index (κ2) is 10.0. The van der Waals surface area contributed by atoms with E-state index in [0.29, 0.717) is 0 Å². The topological polar surface area (TPSA) is 0 Å². The van der Waals surface area contributed by atoms with Crippen molar-refractivity contribution in [1.82, 2.24) is 0 Å². The largest absolute Gasteiger partial charge is 0.0976 e. The minimum Gasteiger partial charge on any atom is -0.0976 e. The number of hydrogen-bond donors (Lipinski definition) is 0. The van der Waals surface area contributed by atoms with E-state index in [9.17, 15) is 0 Å². The molecule has 0 aliphatic carbocycles. The monoisotopic (exact) mass is 320 g/mol. The van der Waals surface area contributed by atoms with E-state index in [1.807, 2.05) is 0 Å². The normalized spacial score (nSPS) is 12.1. The van der Waals surface area contributed by atoms with Gasteiger partial charge in [0.1, 0.15) is 0 Å². The Kier molecular flexibility index (Phi) is 12.2. The van der Waals surface area contributed by atoms with E-state index < -0.39 is 0 Å². The summed E-state index contributed by atoms with van der Waals surface area (Å²) in [7, 11) is 0.204. The summed E-state index contributed by atoms with van der Waals surface area (Å²) in [5, 5.41) is 0. The fourth-order valence-corrected chi connectivity index (χ4v) is 4.01. The Labute approximate surface area is 112 Å². The average molecular weight is 321 g/mol. The van der Waals surface area contributed by atoms with Gasteiger partial charge in [0.2, 0.25) is 0 Å². The summed E-state index contributed by atoms with van der Waals surface area (Å²) in [4.78, 5) is 0. The van der Waals surface area contributed by atoms with E-state index in [1.54, 1.807) is 0 Å². The van der Waals surface area contributed by atoms with Crippen LogP contribution in [0.5, 0.6) is 0 Å². The standard InChI is InChI=1S/C13H27P.Pd/c1-11(2)9-7-8-10-14(12(3)4)13(5)6;/h7-8,11-13H,9-10H2,1-6H3;. The van der Waals surface area contributed by atoms with Crippen molar-refractivity contribution in [1.29, 1.82) is 0 Å². The minimum absolute atomic E-state index is 0. The molecule has 15 heavy (non-hydrogen) atoms. The van der Waals surface area contributed by atoms with Crippen LogP contribution in [0.25, 0.3) is 0 Å². The maximum atomic E-state index is 2.41. The third kappa shape index (κ3) is 9.74. The fourth-order valence-electron chi connectivity index (χ4n) is 1.58. The van der Waals surface area contributed by atoms with Crippen LogP contribution in [0.1, 0.15) is 48.0 Å². The van der Waals surface area contributed by atoms with Gasteiger partial charge in [-0.1, -0.05) is 61.6 Å². The van der Waals surface area contributed by atoms with Gasteiger partial charge in [0.25, 0.3) is 0 Å². The number of rotatable bonds is 6. The van der Waals surface area contributed by atoms with Crippen LogP contribution in [0.2, 0.25) is 0 Å². The smallest absolute Gasteiger partial charge is 0 e. The van der Waals surface area contributed by atoms with E-state index >= 15 is 0 Å². The molecule has 0 saturated heterocycles. The predicted octanol–water partition coefficient (Wildman–Crippen LogP) is 4.88. The Morgan fingerprint density at radius 3 is 1.67 bits per heavy atom. The Balaban J connectivity index is 0. The predicted molar refractivity (Wildman–Crippen MR) is 70.7 cm³/mol. The van der Waals surface area contributed by atoms with Gasteiger partial charge < -0.3 is 0 Å². The molecule has 0 aromatic rings. The van der Waals surface area contributed by atoms with Crippen molar-refractivity contribution in [3.05, 3.63) is 12.2 Å². The molecule has 0 aliphatic rings. The molecule has 0 bridgehead atoms. The molecule has 0 saturated carbocycles. The summed E-state index contributed by atoms with van der Waals surface area (Å²) in [6.45, 7) is 14.0. The van der Waals surface area contributed by atoms with Gasteiger partial charge in [-0.3, -0.25) is 0 Å². The molecule has 0 unspecified atom stereocenters. The van der Waals surface area contributed by atoms with E-state index in [4.69, 9.17) is 0 Å². The maximum Gasteiger partial charge on any atom is 0 e. The summed E-state index contributed by atoms with van der Waals surface area (Å²) in [6.07, 6.45) is 7.33. The summed E-state index contributed by atoms with van der Waals surface area (Å²) in [5.74, 6) is 0.801. The van der Waals surface area contributed by atoms with Crippen LogP contribution in [0.15, 0.2) is 12.2 Å². The average Bonchev–Trinajstić information content (AvgIpc) is 2.01. The van der Waals surface area contributed by atoms with Gasteiger partial charge in [-0.25, -0.2) is 0 Å². The summed E-state index contributed by atoms with van der Waals surface area (Å²) in [6, 6.07) is 0. The molecule has 0 nitrogen and oxygen atoms in total. The summed E-state index contributed by atoms with van der Waals surface area (Å²) >= 11 is 0. The summed E-state index contributed by atoms with van der Waals surface area (Å²) in [5.41, 5.74) is 1.74. The fraction of sp³-hybridized carbons (Fsp3) is 0.846. The Morgan fingerprint density at radius 2 is 1.33 bits per heavy atom. The molecule has 0 spiro atoms. The molecule has 0 radical (unpaired) electrons. The zero-order valence-electron chi connectivity index (χ0n) is 11.1. The number of allylic oxidation sites excluding steroid dienone is 2. The molecule has 0 aromatic carbocycles. The zero-order valence-corrected chi connectivity index (χ0v) is 13.5. The first-order valence-electron chi connectivity index (χ1n) is 5.85. The van der Waals surface area contributed by atoms with E-state index in [1.165, 1.54) is 12.6 Å². The number of hydrogen-bond acceptors (Lipinski definition) is 0. The SMILES string of the molecule is CC(C)CC=CCP(C(C)C)C(C)C.[Pd]. The van der Waals surface area contributed by atoms with Crippen LogP contribution in [0.3, 0.4) is 0 Å². The van der Waals surface area contributed by atoms with E-state index in [0.717, 1.165) is 17.2 Å². The van der Waals surface area contributed by atoms with E-state index in [-0.39, 0.29) is 28.3 Å². The first-order chi connectivity index (χ1) is 6.45. The van der Waals surface area contributed by atoms with Gasteiger partial charge in [0, 0.05) is 20.4 Å². The molecular formula is C13H27PPd. The van der Waals surface area contributed by atoms with Gasteiger partial charge in [-0.15, -0.1) is 0 Å². The third-order valence-electron chi connectivity index (χ3n) is 2.42. The first-order valence-corrected chi connectivity index (χ1v) is 7.52.